The molecule has 2 aromatic carbocycles. The van der Waals surface area contributed by atoms with Gasteiger partial charge in [-0.05, 0) is 30.3 Å². The molecule has 1 amide bonds. The molecule has 3 rings (SSSR count). The monoisotopic (exact) mass is 450 g/mol. The van der Waals surface area contributed by atoms with Crippen LogP contribution in [0.1, 0.15) is 23.0 Å². The molecule has 0 aliphatic heterocycles. The van der Waals surface area contributed by atoms with Crippen molar-refractivity contribution in [3.05, 3.63) is 69.1 Å². The van der Waals surface area contributed by atoms with Gasteiger partial charge >= 0.3 is 5.97 Å². The third-order valence-electron chi connectivity index (χ3n) is 3.82. The predicted molar refractivity (Wildman–Crippen MR) is 114 cm³/mol. The van der Waals surface area contributed by atoms with Crippen molar-refractivity contribution in [2.45, 2.75) is 13.5 Å². The summed E-state index contributed by atoms with van der Waals surface area (Å²) in [5.74, 6) is -0.248. The molecule has 0 fully saturated rings. The van der Waals surface area contributed by atoms with E-state index in [1.54, 1.807) is 23.6 Å². The number of amides is 1. The molecular formula is C20H16Cl2N2O4S. The number of aromatic nitrogens is 1. The number of anilines is 2. The predicted octanol–water partition coefficient (Wildman–Crippen LogP) is 5.50. The van der Waals surface area contributed by atoms with E-state index in [9.17, 15) is 9.59 Å². The molecule has 0 spiro atoms. The summed E-state index contributed by atoms with van der Waals surface area (Å²) in [6, 6.07) is 11.6. The van der Waals surface area contributed by atoms with Gasteiger partial charge in [-0.2, -0.15) is 0 Å². The van der Waals surface area contributed by atoms with Crippen LogP contribution in [0.2, 0.25) is 10.0 Å². The van der Waals surface area contributed by atoms with Gasteiger partial charge in [-0.1, -0.05) is 35.3 Å². The van der Waals surface area contributed by atoms with Gasteiger partial charge in [0.2, 0.25) is 5.91 Å². The lowest BCUT2D eigenvalue weighted by atomic mass is 10.2. The number of thiazole rings is 1. The Kier molecular flexibility index (Phi) is 6.74. The first kappa shape index (κ1) is 21.1. The van der Waals surface area contributed by atoms with Crippen molar-refractivity contribution in [2.75, 3.05) is 12.0 Å². The molecule has 1 aromatic heterocycles. The van der Waals surface area contributed by atoms with E-state index in [0.29, 0.717) is 32.3 Å². The lowest BCUT2D eigenvalue weighted by molar-refractivity contribution is -0.115. The highest BCUT2D eigenvalue weighted by molar-refractivity contribution is 7.14. The quantitative estimate of drug-likeness (QED) is 0.463. The summed E-state index contributed by atoms with van der Waals surface area (Å²) in [5.41, 5.74) is 1.33. The minimum absolute atomic E-state index is 0.0584. The van der Waals surface area contributed by atoms with Crippen LogP contribution in [0.3, 0.4) is 0 Å². The number of benzene rings is 2. The highest BCUT2D eigenvalue weighted by Gasteiger charge is 2.21. The van der Waals surface area contributed by atoms with E-state index in [2.05, 4.69) is 4.98 Å². The maximum absolute atomic E-state index is 12.3. The Bertz CT molecular complexity index is 1030. The molecule has 0 atom stereocenters. The summed E-state index contributed by atoms with van der Waals surface area (Å²) in [6.07, 6.45) is 0. The van der Waals surface area contributed by atoms with Crippen molar-refractivity contribution in [2.24, 2.45) is 0 Å². The zero-order valence-electron chi connectivity index (χ0n) is 15.5. The fourth-order valence-corrected chi connectivity index (χ4v) is 3.97. The molecule has 0 unspecified atom stereocenters. The first-order valence-electron chi connectivity index (χ1n) is 8.40. The Morgan fingerprint density at radius 3 is 2.48 bits per heavy atom. The summed E-state index contributed by atoms with van der Waals surface area (Å²) >= 11 is 13.1. The maximum atomic E-state index is 12.3. The van der Waals surface area contributed by atoms with Crippen LogP contribution < -0.4 is 9.64 Å². The molecule has 0 aliphatic rings. The van der Waals surface area contributed by atoms with Crippen molar-refractivity contribution in [1.29, 1.82) is 0 Å². The number of carbonyl (C=O) groups excluding carboxylic acids is 2. The number of ether oxygens (including phenoxy) is 2. The highest BCUT2D eigenvalue weighted by atomic mass is 35.5. The Labute approximate surface area is 181 Å². The molecule has 6 nitrogen and oxygen atoms in total. The van der Waals surface area contributed by atoms with E-state index in [4.69, 9.17) is 32.7 Å². The second-order valence-corrected chi connectivity index (χ2v) is 7.59. The Morgan fingerprint density at radius 1 is 1.14 bits per heavy atom. The van der Waals surface area contributed by atoms with Gasteiger partial charge in [0.05, 0.1) is 24.1 Å². The highest BCUT2D eigenvalue weighted by Crippen LogP contribution is 2.35. The lowest BCUT2D eigenvalue weighted by Gasteiger charge is -2.20. The number of methoxy groups -OCH3 is 1. The van der Waals surface area contributed by atoms with E-state index in [0.717, 1.165) is 0 Å². The number of hydrogen-bond acceptors (Lipinski definition) is 6. The summed E-state index contributed by atoms with van der Waals surface area (Å²) < 4.78 is 10.6. The zero-order chi connectivity index (χ0) is 21.0. The number of rotatable bonds is 6. The van der Waals surface area contributed by atoms with Gasteiger partial charge in [-0.15, -0.1) is 11.3 Å². The van der Waals surface area contributed by atoms with Gasteiger partial charge in [0.1, 0.15) is 12.4 Å². The van der Waals surface area contributed by atoms with Gasteiger partial charge in [0.25, 0.3) is 0 Å². The third kappa shape index (κ3) is 5.06. The summed E-state index contributed by atoms with van der Waals surface area (Å²) in [5, 5.41) is 2.85. The average molecular weight is 451 g/mol. The summed E-state index contributed by atoms with van der Waals surface area (Å²) in [6.45, 7) is 1.38. The smallest absolute Gasteiger partial charge is 0.338 e. The molecule has 0 saturated heterocycles. The first-order chi connectivity index (χ1) is 13.9. The normalized spacial score (nSPS) is 10.5. The fourth-order valence-electron chi connectivity index (χ4n) is 2.58. The van der Waals surface area contributed by atoms with E-state index >= 15 is 0 Å². The minimum atomic E-state index is -0.572. The van der Waals surface area contributed by atoms with Gasteiger partial charge in [0, 0.05) is 22.3 Å². The molecule has 0 N–H and O–H groups in total. The molecule has 1 heterocycles. The molecular weight excluding hydrogens is 435 g/mol. The minimum Gasteiger partial charge on any atom is -0.495 e. The molecule has 0 aliphatic carbocycles. The van der Waals surface area contributed by atoms with Crippen molar-refractivity contribution in [3.63, 3.8) is 0 Å². The Balaban J connectivity index is 1.77. The van der Waals surface area contributed by atoms with E-state index in [1.165, 1.54) is 48.5 Å². The standard InChI is InChI=1S/C20H16Cl2N2O4S/c1-12(25)24(17-5-3-4-6-18(17)27-2)20-23-16(11-29-20)10-28-19(26)13-7-14(21)9-15(22)8-13/h3-9,11H,10H2,1-2H3. The molecule has 0 saturated carbocycles. The molecule has 0 bridgehead atoms. The number of esters is 1. The first-order valence-corrected chi connectivity index (χ1v) is 10.0. The summed E-state index contributed by atoms with van der Waals surface area (Å²) in [4.78, 5) is 30.4. The largest absolute Gasteiger partial charge is 0.495 e. The molecule has 150 valence electrons. The van der Waals surface area contributed by atoms with Crippen LogP contribution >= 0.6 is 34.5 Å². The van der Waals surface area contributed by atoms with Crippen LogP contribution in [-0.2, 0) is 16.1 Å². The molecule has 0 radical (unpaired) electrons. The topological polar surface area (TPSA) is 68.7 Å². The summed E-state index contributed by atoms with van der Waals surface area (Å²) in [7, 11) is 1.53. The van der Waals surface area contributed by atoms with Crippen LogP contribution in [0, 0.1) is 0 Å². The second-order valence-electron chi connectivity index (χ2n) is 5.88. The van der Waals surface area contributed by atoms with E-state index in [1.807, 2.05) is 6.07 Å². The van der Waals surface area contributed by atoms with Crippen molar-refractivity contribution in [1.82, 2.24) is 4.98 Å². The van der Waals surface area contributed by atoms with Crippen molar-refractivity contribution in [3.8, 4) is 5.75 Å². The maximum Gasteiger partial charge on any atom is 0.338 e. The van der Waals surface area contributed by atoms with Crippen LogP contribution in [0.25, 0.3) is 0 Å². The third-order valence-corrected chi connectivity index (χ3v) is 5.13. The number of halogens is 2. The molecule has 29 heavy (non-hydrogen) atoms. The van der Waals surface area contributed by atoms with Gasteiger partial charge in [-0.25, -0.2) is 9.78 Å². The van der Waals surface area contributed by atoms with Crippen LogP contribution in [0.5, 0.6) is 5.75 Å². The lowest BCUT2D eigenvalue weighted by Crippen LogP contribution is -2.23. The SMILES string of the molecule is COc1ccccc1N(C(C)=O)c1nc(COC(=O)c2cc(Cl)cc(Cl)c2)cs1. The molecule has 3 aromatic rings. The number of nitrogens with zero attached hydrogens (tertiary/aromatic N) is 2. The fraction of sp³-hybridized carbons (Fsp3) is 0.150. The number of carbonyl (C=O) groups is 2. The Morgan fingerprint density at radius 2 is 1.83 bits per heavy atom. The number of para-hydroxylation sites is 2. The molecule has 9 heteroatoms. The second kappa shape index (κ2) is 9.26. The Hall–Kier alpha value is -2.61. The van der Waals surface area contributed by atoms with Gasteiger partial charge < -0.3 is 9.47 Å². The van der Waals surface area contributed by atoms with Crippen LogP contribution in [0.15, 0.2) is 47.8 Å². The average Bonchev–Trinajstić information content (AvgIpc) is 3.14. The zero-order valence-corrected chi connectivity index (χ0v) is 17.8. The van der Waals surface area contributed by atoms with Crippen LogP contribution in [0.4, 0.5) is 10.8 Å². The van der Waals surface area contributed by atoms with E-state index < -0.39 is 5.97 Å². The van der Waals surface area contributed by atoms with Gasteiger partial charge in [-0.3, -0.25) is 9.69 Å². The van der Waals surface area contributed by atoms with Gasteiger partial charge in [0.15, 0.2) is 5.13 Å². The van der Waals surface area contributed by atoms with Crippen molar-refractivity contribution < 1.29 is 19.1 Å². The van der Waals surface area contributed by atoms with E-state index in [-0.39, 0.29) is 18.1 Å². The van der Waals surface area contributed by atoms with Crippen LogP contribution in [-0.4, -0.2) is 24.0 Å². The van der Waals surface area contributed by atoms with Crippen molar-refractivity contribution >= 4 is 57.2 Å². The number of hydrogen-bond donors (Lipinski definition) is 0.